The number of sulfonamides is 1. The van der Waals surface area contributed by atoms with Gasteiger partial charge in [-0.05, 0) is 55.9 Å². The van der Waals surface area contributed by atoms with Crippen LogP contribution >= 0.6 is 0 Å². The van der Waals surface area contributed by atoms with E-state index >= 15 is 0 Å². The SMILES string of the molecule is CCC1CCC(NS(=O)(=O)c2ccc(NC(C)=O)cc2)CC1. The summed E-state index contributed by atoms with van der Waals surface area (Å²) in [7, 11) is -3.49. The molecule has 22 heavy (non-hydrogen) atoms. The van der Waals surface area contributed by atoms with Crippen molar-refractivity contribution in [3.63, 3.8) is 0 Å². The quantitative estimate of drug-likeness (QED) is 0.874. The number of hydrogen-bond acceptors (Lipinski definition) is 3. The molecule has 1 fully saturated rings. The van der Waals surface area contributed by atoms with Gasteiger partial charge in [-0.1, -0.05) is 13.3 Å². The molecule has 0 radical (unpaired) electrons. The number of hydrogen-bond donors (Lipinski definition) is 2. The number of carbonyl (C=O) groups excluding carboxylic acids is 1. The van der Waals surface area contributed by atoms with Crippen LogP contribution in [0.5, 0.6) is 0 Å². The molecule has 0 bridgehead atoms. The van der Waals surface area contributed by atoms with Crippen LogP contribution in [0.15, 0.2) is 29.2 Å². The molecule has 0 spiro atoms. The van der Waals surface area contributed by atoms with Crippen molar-refractivity contribution in [1.82, 2.24) is 4.72 Å². The van der Waals surface area contributed by atoms with Gasteiger partial charge in [0.15, 0.2) is 0 Å². The van der Waals surface area contributed by atoms with E-state index in [0.29, 0.717) is 5.69 Å². The first-order chi connectivity index (χ1) is 10.4. The fraction of sp³-hybridized carbons (Fsp3) is 0.562. The van der Waals surface area contributed by atoms with Gasteiger partial charge in [0.2, 0.25) is 15.9 Å². The summed E-state index contributed by atoms with van der Waals surface area (Å²) in [6.07, 6.45) is 5.16. The van der Waals surface area contributed by atoms with Crippen LogP contribution in [0.3, 0.4) is 0 Å². The number of amides is 1. The summed E-state index contributed by atoms with van der Waals surface area (Å²) in [5, 5.41) is 2.62. The van der Waals surface area contributed by atoms with E-state index in [1.807, 2.05) is 0 Å². The van der Waals surface area contributed by atoms with Gasteiger partial charge in [-0.3, -0.25) is 4.79 Å². The molecule has 5 nitrogen and oxygen atoms in total. The van der Waals surface area contributed by atoms with E-state index in [1.165, 1.54) is 25.5 Å². The van der Waals surface area contributed by atoms with Gasteiger partial charge >= 0.3 is 0 Å². The van der Waals surface area contributed by atoms with Crippen LogP contribution < -0.4 is 10.0 Å². The van der Waals surface area contributed by atoms with Crippen LogP contribution in [0.25, 0.3) is 0 Å². The summed E-state index contributed by atoms with van der Waals surface area (Å²) >= 11 is 0. The molecule has 1 amide bonds. The van der Waals surface area contributed by atoms with Crippen LogP contribution in [-0.4, -0.2) is 20.4 Å². The molecule has 0 aromatic heterocycles. The van der Waals surface area contributed by atoms with Crippen molar-refractivity contribution >= 4 is 21.6 Å². The molecular weight excluding hydrogens is 300 g/mol. The fourth-order valence-corrected chi connectivity index (χ4v) is 4.20. The number of nitrogens with one attached hydrogen (secondary N) is 2. The summed E-state index contributed by atoms with van der Waals surface area (Å²) in [5.74, 6) is 0.555. The molecule has 1 aliphatic carbocycles. The monoisotopic (exact) mass is 324 g/mol. The highest BCUT2D eigenvalue weighted by atomic mass is 32.2. The van der Waals surface area contributed by atoms with E-state index in [9.17, 15) is 13.2 Å². The average Bonchev–Trinajstić information content (AvgIpc) is 2.47. The predicted octanol–water partition coefficient (Wildman–Crippen LogP) is 2.89. The lowest BCUT2D eigenvalue weighted by Gasteiger charge is -2.28. The van der Waals surface area contributed by atoms with Crippen LogP contribution in [0.4, 0.5) is 5.69 Å². The van der Waals surface area contributed by atoms with Gasteiger partial charge in [-0.2, -0.15) is 0 Å². The third-order valence-corrected chi connectivity index (χ3v) is 5.77. The molecule has 2 rings (SSSR count). The third-order valence-electron chi connectivity index (χ3n) is 4.23. The van der Waals surface area contributed by atoms with Gasteiger partial charge in [-0.25, -0.2) is 13.1 Å². The Labute approximate surface area is 132 Å². The molecule has 0 atom stereocenters. The Bertz CT molecular complexity index is 603. The smallest absolute Gasteiger partial charge is 0.240 e. The van der Waals surface area contributed by atoms with E-state index in [4.69, 9.17) is 0 Å². The summed E-state index contributed by atoms with van der Waals surface area (Å²) < 4.78 is 27.6. The molecule has 1 saturated carbocycles. The van der Waals surface area contributed by atoms with Gasteiger partial charge in [-0.15, -0.1) is 0 Å². The van der Waals surface area contributed by atoms with Crippen molar-refractivity contribution in [1.29, 1.82) is 0 Å². The first kappa shape index (κ1) is 17.0. The maximum atomic E-state index is 12.4. The molecule has 1 aliphatic rings. The van der Waals surface area contributed by atoms with Gasteiger partial charge in [0.25, 0.3) is 0 Å². The Morgan fingerprint density at radius 3 is 2.23 bits per heavy atom. The largest absolute Gasteiger partial charge is 0.326 e. The maximum Gasteiger partial charge on any atom is 0.240 e. The Hall–Kier alpha value is -1.40. The van der Waals surface area contributed by atoms with Crippen molar-refractivity contribution in [2.75, 3.05) is 5.32 Å². The molecule has 122 valence electrons. The third kappa shape index (κ3) is 4.55. The summed E-state index contributed by atoms with van der Waals surface area (Å²) in [6, 6.07) is 6.27. The Balaban J connectivity index is 1.99. The lowest BCUT2D eigenvalue weighted by atomic mass is 9.85. The van der Waals surface area contributed by atoms with Gasteiger partial charge in [0.05, 0.1) is 4.90 Å². The Morgan fingerprint density at radius 2 is 1.73 bits per heavy atom. The van der Waals surface area contributed by atoms with E-state index in [2.05, 4.69) is 17.0 Å². The predicted molar refractivity (Wildman–Crippen MR) is 87.1 cm³/mol. The number of benzene rings is 1. The van der Waals surface area contributed by atoms with Crippen LogP contribution in [0, 0.1) is 5.92 Å². The zero-order valence-electron chi connectivity index (χ0n) is 13.1. The van der Waals surface area contributed by atoms with Crippen molar-refractivity contribution < 1.29 is 13.2 Å². The Kier molecular flexibility index (Phi) is 5.58. The van der Waals surface area contributed by atoms with Crippen LogP contribution in [0.2, 0.25) is 0 Å². The topological polar surface area (TPSA) is 75.3 Å². The highest BCUT2D eigenvalue weighted by Gasteiger charge is 2.24. The maximum absolute atomic E-state index is 12.4. The van der Waals surface area contributed by atoms with E-state index in [0.717, 1.165) is 31.6 Å². The minimum absolute atomic E-state index is 0.0304. The van der Waals surface area contributed by atoms with Crippen LogP contribution in [-0.2, 0) is 14.8 Å². The molecule has 0 unspecified atom stereocenters. The normalized spacial score (nSPS) is 22.3. The lowest BCUT2D eigenvalue weighted by Crippen LogP contribution is -2.37. The highest BCUT2D eigenvalue weighted by molar-refractivity contribution is 7.89. The van der Waals surface area contributed by atoms with Gasteiger partial charge in [0, 0.05) is 18.7 Å². The van der Waals surface area contributed by atoms with Crippen molar-refractivity contribution in [2.24, 2.45) is 5.92 Å². The summed E-state index contributed by atoms with van der Waals surface area (Å²) in [6.45, 7) is 3.60. The number of rotatable bonds is 5. The second kappa shape index (κ2) is 7.24. The summed E-state index contributed by atoms with van der Waals surface area (Å²) in [5.41, 5.74) is 0.593. The Morgan fingerprint density at radius 1 is 1.14 bits per heavy atom. The molecular formula is C16H24N2O3S. The van der Waals surface area contributed by atoms with Crippen molar-refractivity contribution in [3.8, 4) is 0 Å². The van der Waals surface area contributed by atoms with E-state index in [-0.39, 0.29) is 16.8 Å². The lowest BCUT2D eigenvalue weighted by molar-refractivity contribution is -0.114. The first-order valence-corrected chi connectivity index (χ1v) is 9.29. The molecule has 0 aliphatic heterocycles. The number of anilines is 1. The van der Waals surface area contributed by atoms with Crippen molar-refractivity contribution in [2.45, 2.75) is 56.9 Å². The zero-order valence-corrected chi connectivity index (χ0v) is 13.9. The molecule has 2 N–H and O–H groups in total. The zero-order chi connectivity index (χ0) is 16.2. The second-order valence-electron chi connectivity index (χ2n) is 5.95. The van der Waals surface area contributed by atoms with Crippen LogP contribution in [0.1, 0.15) is 46.0 Å². The first-order valence-electron chi connectivity index (χ1n) is 7.80. The standard InChI is InChI=1S/C16H24N2O3S/c1-3-13-4-6-15(7-5-13)18-22(20,21)16-10-8-14(9-11-16)17-12(2)19/h8-11,13,15,18H,3-7H2,1-2H3,(H,17,19). The van der Waals surface area contributed by atoms with Gasteiger partial charge < -0.3 is 5.32 Å². The fourth-order valence-electron chi connectivity index (χ4n) is 2.90. The van der Waals surface area contributed by atoms with E-state index in [1.54, 1.807) is 12.1 Å². The minimum atomic E-state index is -3.49. The van der Waals surface area contributed by atoms with Gasteiger partial charge in [0.1, 0.15) is 0 Å². The second-order valence-corrected chi connectivity index (χ2v) is 7.67. The van der Waals surface area contributed by atoms with E-state index < -0.39 is 10.0 Å². The minimum Gasteiger partial charge on any atom is -0.326 e. The molecule has 0 heterocycles. The average molecular weight is 324 g/mol. The highest BCUT2D eigenvalue weighted by Crippen LogP contribution is 2.27. The molecule has 1 aromatic rings. The summed E-state index contributed by atoms with van der Waals surface area (Å²) in [4.78, 5) is 11.2. The van der Waals surface area contributed by atoms with Crippen molar-refractivity contribution in [3.05, 3.63) is 24.3 Å². The molecule has 0 saturated heterocycles. The molecule has 1 aromatic carbocycles. The number of carbonyl (C=O) groups is 1. The molecule has 6 heteroatoms.